The Morgan fingerprint density at radius 3 is 2.62 bits per heavy atom. The second-order valence-electron chi connectivity index (χ2n) is 11.3. The number of carboxylic acid groups (broad SMARTS) is 1. The van der Waals surface area contributed by atoms with Crippen LogP contribution in [0.3, 0.4) is 0 Å². The first-order valence-electron chi connectivity index (χ1n) is 15.5. The summed E-state index contributed by atoms with van der Waals surface area (Å²) >= 11 is 6.83. The second kappa shape index (κ2) is 15.1. The number of nitrogen functional groups attached to an aromatic ring is 1. The fourth-order valence-corrected chi connectivity index (χ4v) is 6.93. The van der Waals surface area contributed by atoms with Gasteiger partial charge in [0.05, 0.1) is 48.6 Å². The number of ether oxygens (including phenoxy) is 4. The Hall–Kier alpha value is -4.56. The molecular formula is C35H36N4O7S2. The van der Waals surface area contributed by atoms with Gasteiger partial charge in [0.25, 0.3) is 5.91 Å². The molecule has 0 atom stereocenters. The number of morpholine rings is 1. The van der Waals surface area contributed by atoms with Crippen molar-refractivity contribution >= 4 is 62.8 Å². The average molecular weight is 689 g/mol. The van der Waals surface area contributed by atoms with E-state index in [4.69, 9.17) is 36.9 Å². The van der Waals surface area contributed by atoms with Gasteiger partial charge in [-0.05, 0) is 72.2 Å². The highest BCUT2D eigenvalue weighted by atomic mass is 32.2. The lowest BCUT2D eigenvalue weighted by molar-refractivity contribution is -0.122. The number of fused-ring (bicyclic) bond motifs is 1. The number of benzene rings is 3. The Labute approximate surface area is 287 Å². The molecule has 11 nitrogen and oxygen atoms in total. The molecule has 0 spiro atoms. The number of nitrogens with zero attached hydrogens (tertiary/aromatic N) is 2. The van der Waals surface area contributed by atoms with Crippen molar-refractivity contribution in [1.29, 1.82) is 0 Å². The number of hydrogen-bond acceptors (Lipinski definition) is 10. The number of aromatic amines is 1. The molecular weight excluding hydrogens is 653 g/mol. The molecule has 0 bridgehead atoms. The molecule has 48 heavy (non-hydrogen) atoms. The van der Waals surface area contributed by atoms with Crippen LogP contribution in [0.25, 0.3) is 28.1 Å². The van der Waals surface area contributed by atoms with Crippen molar-refractivity contribution < 1.29 is 33.6 Å². The fraction of sp³-hybridized carbons (Fsp3) is 0.286. The monoisotopic (exact) mass is 688 g/mol. The molecule has 0 unspecified atom stereocenters. The van der Waals surface area contributed by atoms with Gasteiger partial charge in [0.1, 0.15) is 16.7 Å². The van der Waals surface area contributed by atoms with E-state index in [9.17, 15) is 14.7 Å². The maximum atomic E-state index is 13.4. The molecule has 3 aromatic carbocycles. The molecule has 250 valence electrons. The van der Waals surface area contributed by atoms with E-state index in [2.05, 4.69) is 16.0 Å². The summed E-state index contributed by atoms with van der Waals surface area (Å²) in [5, 5.41) is 10.2. The van der Waals surface area contributed by atoms with Crippen LogP contribution >= 0.6 is 24.0 Å². The summed E-state index contributed by atoms with van der Waals surface area (Å²) in [4.78, 5) is 32.3. The molecule has 0 radical (unpaired) electrons. The van der Waals surface area contributed by atoms with Gasteiger partial charge in [-0.15, -0.1) is 0 Å². The van der Waals surface area contributed by atoms with Crippen LogP contribution in [0.5, 0.6) is 17.2 Å². The van der Waals surface area contributed by atoms with Crippen LogP contribution in [0.1, 0.15) is 22.3 Å². The zero-order chi connectivity index (χ0) is 33.6. The fourth-order valence-electron chi connectivity index (χ4n) is 5.62. The molecule has 0 saturated carbocycles. The average Bonchev–Trinajstić information content (AvgIpc) is 3.68. The summed E-state index contributed by atoms with van der Waals surface area (Å²) in [7, 11) is 1.45. The highest BCUT2D eigenvalue weighted by Gasteiger charge is 2.31. The second-order valence-corrected chi connectivity index (χ2v) is 12.9. The van der Waals surface area contributed by atoms with E-state index in [1.165, 1.54) is 31.0 Å². The maximum Gasteiger partial charge on any atom is 0.335 e. The highest BCUT2D eigenvalue weighted by Crippen LogP contribution is 2.38. The van der Waals surface area contributed by atoms with E-state index >= 15 is 0 Å². The molecule has 2 fully saturated rings. The van der Waals surface area contributed by atoms with Crippen LogP contribution in [0.15, 0.2) is 65.7 Å². The number of carbonyl (C=O) groups excluding carboxylic acids is 1. The molecule has 1 aromatic heterocycles. The highest BCUT2D eigenvalue weighted by molar-refractivity contribution is 8.26. The first kappa shape index (κ1) is 33.3. The normalized spacial score (nSPS) is 16.2. The van der Waals surface area contributed by atoms with Crippen molar-refractivity contribution in [3.8, 4) is 28.4 Å². The smallest absolute Gasteiger partial charge is 0.335 e. The van der Waals surface area contributed by atoms with Gasteiger partial charge in [-0.3, -0.25) is 14.6 Å². The third kappa shape index (κ3) is 7.60. The Morgan fingerprint density at radius 2 is 1.83 bits per heavy atom. The summed E-state index contributed by atoms with van der Waals surface area (Å²) < 4.78 is 23.4. The molecule has 4 N–H and O–H groups in total. The van der Waals surface area contributed by atoms with Crippen molar-refractivity contribution in [2.75, 3.05) is 65.5 Å². The quantitative estimate of drug-likeness (QED) is 0.0710. The van der Waals surface area contributed by atoms with Crippen molar-refractivity contribution in [3.05, 3.63) is 76.8 Å². The van der Waals surface area contributed by atoms with Crippen molar-refractivity contribution in [1.82, 2.24) is 14.8 Å². The van der Waals surface area contributed by atoms with Crippen molar-refractivity contribution in [2.45, 2.75) is 6.42 Å². The minimum atomic E-state index is -1.05. The molecule has 1 amide bonds. The van der Waals surface area contributed by atoms with E-state index in [0.717, 1.165) is 66.2 Å². The predicted molar refractivity (Wildman–Crippen MR) is 191 cm³/mol. The third-order valence-corrected chi connectivity index (χ3v) is 9.52. The topological polar surface area (TPSA) is 140 Å². The van der Waals surface area contributed by atoms with Gasteiger partial charge < -0.3 is 34.8 Å². The number of H-pyrrole nitrogens is 1. The first-order valence-corrected chi connectivity index (χ1v) is 16.8. The summed E-state index contributed by atoms with van der Waals surface area (Å²) in [6.45, 7) is 5.21. The molecule has 6 rings (SSSR count). The standard InChI is InChI=1S/C35H36N4O7S2/c1-43-30-21-24(34(41)42)4-6-29(30)45-13-2-9-39-33(40)31(48-35(39)47)18-22-3-5-28(46-16-12-38-10-14-44-15-11-38)26(17-22)25-19-23-7-8-37-32(23)27(36)20-25/h3-8,17-21,37H,2,9-16,36H2,1H3,(H,41,42). The van der Waals surface area contributed by atoms with Crippen LogP contribution in [0, 0.1) is 0 Å². The molecule has 4 aromatic rings. The van der Waals surface area contributed by atoms with Crippen LogP contribution < -0.4 is 19.9 Å². The SMILES string of the molecule is COc1cc(C(=O)O)ccc1OCCCN1C(=O)C(=Cc2ccc(OCCN3CCOCC3)c(-c3cc(N)c4[nH]ccc4c3)c2)SC1=S. The number of aromatic carboxylic acids is 1. The molecule has 3 heterocycles. The minimum absolute atomic E-state index is 0.104. The lowest BCUT2D eigenvalue weighted by atomic mass is 9.99. The molecule has 0 aliphatic carbocycles. The number of thiocarbonyl (C=S) groups is 1. The molecule has 2 aliphatic rings. The van der Waals surface area contributed by atoms with Crippen molar-refractivity contribution in [3.63, 3.8) is 0 Å². The number of hydrogen-bond donors (Lipinski definition) is 3. The van der Waals surface area contributed by atoms with Crippen LogP contribution in [-0.4, -0.2) is 95.8 Å². The number of carboxylic acids is 1. The molecule has 2 saturated heterocycles. The number of amides is 1. The predicted octanol–water partition coefficient (Wildman–Crippen LogP) is 5.51. The van der Waals surface area contributed by atoms with Gasteiger partial charge in [-0.25, -0.2) is 4.79 Å². The number of nitrogens with one attached hydrogen (secondary N) is 1. The summed E-state index contributed by atoms with van der Waals surface area (Å²) in [5.41, 5.74) is 10.7. The Bertz CT molecular complexity index is 1870. The lowest BCUT2D eigenvalue weighted by Gasteiger charge is -2.26. The maximum absolute atomic E-state index is 13.4. The number of aromatic nitrogens is 1. The summed E-state index contributed by atoms with van der Waals surface area (Å²) in [6, 6.07) is 16.3. The van der Waals surface area contributed by atoms with Crippen molar-refractivity contribution in [2.24, 2.45) is 0 Å². The zero-order valence-corrected chi connectivity index (χ0v) is 28.0. The first-order chi connectivity index (χ1) is 23.3. The Balaban J connectivity index is 1.15. The van der Waals surface area contributed by atoms with E-state index in [1.54, 1.807) is 11.0 Å². The van der Waals surface area contributed by atoms with Crippen LogP contribution in [0.4, 0.5) is 5.69 Å². The number of carbonyl (C=O) groups is 2. The zero-order valence-electron chi connectivity index (χ0n) is 26.4. The summed E-state index contributed by atoms with van der Waals surface area (Å²) in [5.74, 6) is 0.266. The number of methoxy groups -OCH3 is 1. The number of anilines is 1. The van der Waals surface area contributed by atoms with Gasteiger partial charge in [-0.2, -0.15) is 0 Å². The van der Waals surface area contributed by atoms with E-state index in [1.807, 2.05) is 42.6 Å². The lowest BCUT2D eigenvalue weighted by Crippen LogP contribution is -2.38. The number of thioether (sulfide) groups is 1. The summed E-state index contributed by atoms with van der Waals surface area (Å²) in [6.07, 6.45) is 4.22. The Morgan fingerprint density at radius 1 is 1.04 bits per heavy atom. The van der Waals surface area contributed by atoms with E-state index in [-0.39, 0.29) is 18.1 Å². The van der Waals surface area contributed by atoms with Gasteiger partial charge in [-0.1, -0.05) is 30.0 Å². The van der Waals surface area contributed by atoms with E-state index < -0.39 is 5.97 Å². The van der Waals surface area contributed by atoms with Gasteiger partial charge in [0, 0.05) is 43.3 Å². The van der Waals surface area contributed by atoms with Gasteiger partial charge >= 0.3 is 5.97 Å². The largest absolute Gasteiger partial charge is 0.493 e. The number of nitrogens with two attached hydrogens (primary N) is 1. The molecule has 13 heteroatoms. The minimum Gasteiger partial charge on any atom is -0.493 e. The third-order valence-electron chi connectivity index (χ3n) is 8.14. The van der Waals surface area contributed by atoms with Crippen LogP contribution in [-0.2, 0) is 9.53 Å². The van der Waals surface area contributed by atoms with Crippen LogP contribution in [0.2, 0.25) is 0 Å². The van der Waals surface area contributed by atoms with E-state index in [0.29, 0.717) is 46.0 Å². The van der Waals surface area contributed by atoms with Gasteiger partial charge in [0.15, 0.2) is 11.5 Å². The molecule has 2 aliphatic heterocycles. The van der Waals surface area contributed by atoms with Gasteiger partial charge in [0.2, 0.25) is 0 Å². The Kier molecular flexibility index (Phi) is 10.5. The number of rotatable bonds is 13.